The van der Waals surface area contributed by atoms with Crippen molar-refractivity contribution in [2.75, 3.05) is 0 Å². The lowest BCUT2D eigenvalue weighted by Gasteiger charge is -1.72. The maximum atomic E-state index is 5.19. The summed E-state index contributed by atoms with van der Waals surface area (Å²) in [4.78, 5) is 0. The van der Waals surface area contributed by atoms with Crippen LogP contribution in [0.25, 0.3) is 0 Å². The molecule has 5 heteroatoms. The molecule has 0 amide bonds. The molecular weight excluding hydrogens is 157 g/mol. The van der Waals surface area contributed by atoms with Crippen LogP contribution in [0.15, 0.2) is 4.60 Å². The third-order valence-electron chi connectivity index (χ3n) is 0.530. The fourth-order valence-corrected chi connectivity index (χ4v) is 0.394. The van der Waals surface area contributed by atoms with Gasteiger partial charge in [-0.1, -0.05) is 0 Å². The number of hydrogen-bond donors (Lipinski definition) is 1. The topological polar surface area (TPSA) is 41.6 Å². The van der Waals surface area contributed by atoms with Crippen molar-refractivity contribution >= 4 is 29.4 Å². The van der Waals surface area contributed by atoms with E-state index in [1.807, 2.05) is 0 Å². The van der Waals surface area contributed by atoms with Crippen molar-refractivity contribution in [2.45, 2.75) is 0 Å². The highest BCUT2D eigenvalue weighted by molar-refractivity contribution is 9.10. The van der Waals surface area contributed by atoms with Gasteiger partial charge < -0.3 is 0 Å². The number of halogens is 1. The summed E-state index contributed by atoms with van der Waals surface area (Å²) < 4.78 is 0.563. The highest BCUT2D eigenvalue weighted by Crippen LogP contribution is 1.93. The Hall–Kier alpha value is -0.315. The smallest absolute Gasteiger partial charge is 0.148 e. The van der Waals surface area contributed by atoms with Crippen molar-refractivity contribution < 1.29 is 0 Å². The average Bonchev–Trinajstić information content (AvgIpc) is 1.91. The van der Waals surface area contributed by atoms with E-state index >= 15 is 0 Å². The van der Waals surface area contributed by atoms with Crippen LogP contribution < -0.4 is 5.59 Å². The van der Waals surface area contributed by atoms with Crippen LogP contribution in [0.5, 0.6) is 0 Å². The van der Waals surface area contributed by atoms with Gasteiger partial charge in [-0.15, -0.1) is 5.10 Å². The van der Waals surface area contributed by atoms with E-state index in [0.717, 1.165) is 0 Å². The predicted molar refractivity (Wildman–Crippen MR) is 29.5 cm³/mol. The second kappa shape index (κ2) is 1.65. The van der Waals surface area contributed by atoms with E-state index < -0.39 is 0 Å². The van der Waals surface area contributed by atoms with Gasteiger partial charge in [0, 0.05) is 5.59 Å². The van der Waals surface area contributed by atoms with Gasteiger partial charge in [-0.25, -0.2) is 0 Å². The Kier molecular flexibility index (Phi) is 1.14. The predicted octanol–water partition coefficient (Wildman–Crippen LogP) is -0.639. The van der Waals surface area contributed by atoms with E-state index in [2.05, 4.69) is 31.3 Å². The highest BCUT2D eigenvalue weighted by atomic mass is 79.9. The molecule has 3 nitrogen and oxygen atoms in total. The molecule has 2 radical (unpaired) electrons. The Morgan fingerprint density at radius 3 is 2.43 bits per heavy atom. The first-order valence-corrected chi connectivity index (χ1v) is 2.42. The van der Waals surface area contributed by atoms with Gasteiger partial charge in [0.1, 0.15) is 12.4 Å². The summed E-state index contributed by atoms with van der Waals surface area (Å²) in [5, 5.41) is 9.41. The largest absolute Gasteiger partial charge is 0.197 e. The second-order valence-electron chi connectivity index (χ2n) is 1.000. The Labute approximate surface area is 50.0 Å². The first kappa shape index (κ1) is 4.83. The molecule has 0 fully saturated rings. The normalized spacial score (nSPS) is 9.29. The molecule has 0 saturated heterocycles. The molecule has 1 rings (SSSR count). The highest BCUT2D eigenvalue weighted by Gasteiger charge is 1.92. The summed E-state index contributed by atoms with van der Waals surface area (Å²) in [6.07, 6.45) is 0. The lowest BCUT2D eigenvalue weighted by molar-refractivity contribution is 0.939. The van der Waals surface area contributed by atoms with Crippen LogP contribution >= 0.6 is 15.9 Å². The molecule has 0 bridgehead atoms. The second-order valence-corrected chi connectivity index (χ2v) is 1.75. The summed E-state index contributed by atoms with van der Waals surface area (Å²) >= 11 is 3.04. The van der Waals surface area contributed by atoms with Crippen molar-refractivity contribution in [1.29, 1.82) is 0 Å². The van der Waals surface area contributed by atoms with Gasteiger partial charge in [-0.3, -0.25) is 0 Å². The molecule has 0 aliphatic rings. The van der Waals surface area contributed by atoms with Gasteiger partial charge in [0.05, 0.1) is 0 Å². The number of nitrogens with one attached hydrogen (secondary N) is 1. The molecule has 0 aromatic carbocycles. The number of nitrogens with zero attached hydrogens (tertiary/aromatic N) is 2. The maximum absolute atomic E-state index is 5.19. The molecule has 0 atom stereocenters. The van der Waals surface area contributed by atoms with E-state index in [4.69, 9.17) is 7.85 Å². The fourth-order valence-electron chi connectivity index (χ4n) is 0.226. The summed E-state index contributed by atoms with van der Waals surface area (Å²) in [5.74, 6) is 0. The number of aromatic nitrogens is 3. The van der Waals surface area contributed by atoms with Gasteiger partial charge in [0.2, 0.25) is 0 Å². The lowest BCUT2D eigenvalue weighted by atomic mass is 10.1. The number of aromatic amines is 1. The van der Waals surface area contributed by atoms with E-state index in [9.17, 15) is 0 Å². The van der Waals surface area contributed by atoms with Gasteiger partial charge in [-0.2, -0.15) is 10.3 Å². The summed E-state index contributed by atoms with van der Waals surface area (Å²) in [6.45, 7) is 0. The van der Waals surface area contributed by atoms with Gasteiger partial charge in [-0.05, 0) is 15.9 Å². The fraction of sp³-hybridized carbons (Fsp3) is 0. The van der Waals surface area contributed by atoms with E-state index in [1.165, 1.54) is 0 Å². The van der Waals surface area contributed by atoms with Crippen molar-refractivity contribution in [1.82, 2.24) is 15.4 Å². The number of hydrogen-bond acceptors (Lipinski definition) is 2. The Morgan fingerprint density at radius 2 is 2.29 bits per heavy atom. The first-order valence-electron chi connectivity index (χ1n) is 1.62. The quantitative estimate of drug-likeness (QED) is 0.510. The molecule has 1 aromatic rings. The third kappa shape index (κ3) is 0.823. The van der Waals surface area contributed by atoms with Crippen LogP contribution in [0.4, 0.5) is 0 Å². The zero-order chi connectivity index (χ0) is 5.28. The van der Waals surface area contributed by atoms with E-state index in [1.54, 1.807) is 0 Å². The van der Waals surface area contributed by atoms with Crippen molar-refractivity contribution in [3.63, 3.8) is 0 Å². The Morgan fingerprint density at radius 1 is 1.57 bits per heavy atom. The van der Waals surface area contributed by atoms with Crippen LogP contribution in [0.1, 0.15) is 0 Å². The number of H-pyrrole nitrogens is 1. The van der Waals surface area contributed by atoms with Crippen molar-refractivity contribution in [3.8, 4) is 0 Å². The molecule has 0 aliphatic heterocycles. The van der Waals surface area contributed by atoms with Crippen LogP contribution in [0.2, 0.25) is 0 Å². The minimum atomic E-state index is 0.389. The minimum Gasteiger partial charge on any atom is -0.197 e. The molecule has 7 heavy (non-hydrogen) atoms. The monoisotopic (exact) mass is 157 g/mol. The van der Waals surface area contributed by atoms with Crippen LogP contribution in [0, 0.1) is 0 Å². The lowest BCUT2D eigenvalue weighted by Crippen LogP contribution is -2.03. The van der Waals surface area contributed by atoms with Crippen LogP contribution in [-0.4, -0.2) is 23.3 Å². The van der Waals surface area contributed by atoms with Crippen LogP contribution in [0.3, 0.4) is 0 Å². The molecular formula is C2HBBrN3. The van der Waals surface area contributed by atoms with Gasteiger partial charge in [0.25, 0.3) is 0 Å². The SMILES string of the molecule is [B]c1n[nH]nc1Br. The van der Waals surface area contributed by atoms with Gasteiger partial charge in [0.15, 0.2) is 0 Å². The molecule has 0 saturated carbocycles. The van der Waals surface area contributed by atoms with Crippen LogP contribution in [-0.2, 0) is 0 Å². The zero-order valence-corrected chi connectivity index (χ0v) is 4.94. The van der Waals surface area contributed by atoms with E-state index in [0.29, 0.717) is 10.2 Å². The minimum absolute atomic E-state index is 0.389. The molecule has 34 valence electrons. The summed E-state index contributed by atoms with van der Waals surface area (Å²) in [5.41, 5.74) is 0.389. The molecule has 1 N–H and O–H groups in total. The first-order chi connectivity index (χ1) is 3.30. The maximum Gasteiger partial charge on any atom is 0.148 e. The molecule has 1 aromatic heterocycles. The molecule has 0 spiro atoms. The average molecular weight is 158 g/mol. The van der Waals surface area contributed by atoms with Gasteiger partial charge >= 0.3 is 0 Å². The standard InChI is InChI=1S/C2HBBrN3/c3-1-2(4)6-7-5-1/h(H,5,6,7). The zero-order valence-electron chi connectivity index (χ0n) is 3.35. The third-order valence-corrected chi connectivity index (χ3v) is 1.11. The molecule has 0 unspecified atom stereocenters. The molecule has 1 heterocycles. The summed E-state index contributed by atoms with van der Waals surface area (Å²) in [6, 6.07) is 0. The molecule has 0 aliphatic carbocycles. The van der Waals surface area contributed by atoms with E-state index in [-0.39, 0.29) is 0 Å². The summed E-state index contributed by atoms with van der Waals surface area (Å²) in [7, 11) is 5.19. The van der Waals surface area contributed by atoms with Crippen molar-refractivity contribution in [3.05, 3.63) is 4.60 Å². The Balaban J connectivity index is 3.12. The Bertz CT molecular complexity index is 145. The number of rotatable bonds is 0. The van der Waals surface area contributed by atoms with Crippen molar-refractivity contribution in [2.24, 2.45) is 0 Å².